The molecule has 0 radical (unpaired) electrons. The molecule has 120 valence electrons. The molecule has 1 rings (SSSR count). The van der Waals surface area contributed by atoms with Gasteiger partial charge in [-0.25, -0.2) is 0 Å². The maximum absolute atomic E-state index is 4.26. The van der Waals surface area contributed by atoms with E-state index in [1.165, 1.54) is 16.9 Å². The van der Waals surface area contributed by atoms with Gasteiger partial charge in [-0.3, -0.25) is 4.99 Å². The minimum Gasteiger partial charge on any atom is -0.356 e. The van der Waals surface area contributed by atoms with Gasteiger partial charge in [-0.15, -0.1) is 24.0 Å². The summed E-state index contributed by atoms with van der Waals surface area (Å²) in [5.74, 6) is 2.55. The maximum atomic E-state index is 4.26. The minimum absolute atomic E-state index is 0. The number of guanidine groups is 1. The molecule has 0 saturated heterocycles. The SMILES string of the molecule is CN=C(NCCCSC)NCC(C)c1cccc(C)c1.I. The number of hydrogen-bond donors (Lipinski definition) is 2. The van der Waals surface area contributed by atoms with Gasteiger partial charge in [0.2, 0.25) is 0 Å². The molecule has 0 fully saturated rings. The smallest absolute Gasteiger partial charge is 0.190 e. The molecule has 0 amide bonds. The van der Waals surface area contributed by atoms with E-state index in [0.717, 1.165) is 25.5 Å². The largest absolute Gasteiger partial charge is 0.356 e. The van der Waals surface area contributed by atoms with Crippen LogP contribution in [0.3, 0.4) is 0 Å². The zero-order valence-corrected chi connectivity index (χ0v) is 16.6. The van der Waals surface area contributed by atoms with Crippen molar-refractivity contribution in [2.45, 2.75) is 26.2 Å². The number of aliphatic imine (C=N–C) groups is 1. The van der Waals surface area contributed by atoms with E-state index < -0.39 is 0 Å². The molecule has 1 aromatic rings. The summed E-state index contributed by atoms with van der Waals surface area (Å²) in [5.41, 5.74) is 2.68. The summed E-state index contributed by atoms with van der Waals surface area (Å²) in [6, 6.07) is 8.70. The Morgan fingerprint density at radius 3 is 2.71 bits per heavy atom. The molecular weight excluding hydrogens is 393 g/mol. The van der Waals surface area contributed by atoms with E-state index in [1.54, 1.807) is 0 Å². The van der Waals surface area contributed by atoms with Crippen molar-refractivity contribution < 1.29 is 0 Å². The van der Waals surface area contributed by atoms with E-state index in [9.17, 15) is 0 Å². The van der Waals surface area contributed by atoms with Gasteiger partial charge in [-0.1, -0.05) is 36.8 Å². The molecule has 0 aromatic heterocycles. The molecule has 0 aliphatic carbocycles. The van der Waals surface area contributed by atoms with Crippen molar-refractivity contribution >= 4 is 41.7 Å². The Kier molecular flexibility index (Phi) is 11.9. The van der Waals surface area contributed by atoms with Crippen molar-refractivity contribution in [3.8, 4) is 0 Å². The highest BCUT2D eigenvalue weighted by Crippen LogP contribution is 2.15. The lowest BCUT2D eigenvalue weighted by atomic mass is 9.99. The fourth-order valence-electron chi connectivity index (χ4n) is 1.99. The minimum atomic E-state index is 0. The average Bonchev–Trinajstić information content (AvgIpc) is 2.46. The third kappa shape index (κ3) is 8.56. The van der Waals surface area contributed by atoms with E-state index in [1.807, 2.05) is 18.8 Å². The van der Waals surface area contributed by atoms with E-state index >= 15 is 0 Å². The number of nitrogens with one attached hydrogen (secondary N) is 2. The topological polar surface area (TPSA) is 36.4 Å². The number of rotatable bonds is 7. The van der Waals surface area contributed by atoms with Gasteiger partial charge in [0.15, 0.2) is 5.96 Å². The zero-order chi connectivity index (χ0) is 14.8. The van der Waals surface area contributed by atoms with Crippen molar-refractivity contribution in [3.63, 3.8) is 0 Å². The van der Waals surface area contributed by atoms with E-state index in [2.05, 4.69) is 60.0 Å². The summed E-state index contributed by atoms with van der Waals surface area (Å²) in [6.07, 6.45) is 3.30. The predicted octanol–water partition coefficient (Wildman–Crippen LogP) is 3.63. The Morgan fingerprint density at radius 2 is 2.10 bits per heavy atom. The normalized spacial score (nSPS) is 12.5. The maximum Gasteiger partial charge on any atom is 0.190 e. The van der Waals surface area contributed by atoms with Crippen molar-refractivity contribution in [3.05, 3.63) is 35.4 Å². The predicted molar refractivity (Wildman–Crippen MR) is 107 cm³/mol. The van der Waals surface area contributed by atoms with Gasteiger partial charge in [0.1, 0.15) is 0 Å². The van der Waals surface area contributed by atoms with Crippen LogP contribution in [-0.4, -0.2) is 38.1 Å². The standard InChI is InChI=1S/C16H27N3S.HI/c1-13-7-5-8-15(11-13)14(2)12-19-16(17-3)18-9-6-10-20-4;/h5,7-8,11,14H,6,9-10,12H2,1-4H3,(H2,17,18,19);1H. The number of nitrogens with zero attached hydrogens (tertiary/aromatic N) is 1. The van der Waals surface area contributed by atoms with Gasteiger partial charge in [0.05, 0.1) is 0 Å². The highest BCUT2D eigenvalue weighted by molar-refractivity contribution is 14.0. The quantitative estimate of drug-likeness (QED) is 0.306. The highest BCUT2D eigenvalue weighted by Gasteiger charge is 2.06. The second-order valence-electron chi connectivity index (χ2n) is 5.04. The average molecular weight is 421 g/mol. The van der Waals surface area contributed by atoms with Gasteiger partial charge in [0, 0.05) is 20.1 Å². The number of hydrogen-bond acceptors (Lipinski definition) is 2. The lowest BCUT2D eigenvalue weighted by Gasteiger charge is -2.16. The van der Waals surface area contributed by atoms with Crippen molar-refractivity contribution in [1.82, 2.24) is 10.6 Å². The Balaban J connectivity index is 0.00000400. The first-order valence-corrected chi connectivity index (χ1v) is 8.56. The molecule has 0 saturated carbocycles. The molecule has 1 atom stereocenters. The van der Waals surface area contributed by atoms with Crippen LogP contribution in [0, 0.1) is 6.92 Å². The summed E-state index contributed by atoms with van der Waals surface area (Å²) < 4.78 is 0. The fraction of sp³-hybridized carbons (Fsp3) is 0.562. The Labute approximate surface area is 150 Å². The van der Waals surface area contributed by atoms with Gasteiger partial charge in [-0.2, -0.15) is 11.8 Å². The third-order valence-corrected chi connectivity index (χ3v) is 3.93. The lowest BCUT2D eigenvalue weighted by molar-refractivity contribution is 0.696. The molecule has 0 aliphatic rings. The van der Waals surface area contributed by atoms with Crippen LogP contribution in [0.5, 0.6) is 0 Å². The molecule has 2 N–H and O–H groups in total. The molecule has 0 heterocycles. The summed E-state index contributed by atoms with van der Waals surface area (Å²) in [6.45, 7) is 6.24. The van der Waals surface area contributed by atoms with Gasteiger partial charge >= 0.3 is 0 Å². The number of halogens is 1. The van der Waals surface area contributed by atoms with Crippen LogP contribution in [0.4, 0.5) is 0 Å². The molecule has 21 heavy (non-hydrogen) atoms. The van der Waals surface area contributed by atoms with Crippen molar-refractivity contribution in [1.29, 1.82) is 0 Å². The summed E-state index contributed by atoms with van der Waals surface area (Å²) in [5, 5.41) is 6.74. The van der Waals surface area contributed by atoms with Gasteiger partial charge < -0.3 is 10.6 Å². The summed E-state index contributed by atoms with van der Waals surface area (Å²) >= 11 is 1.88. The molecule has 1 aromatic carbocycles. The van der Waals surface area contributed by atoms with Crippen LogP contribution < -0.4 is 10.6 Å². The van der Waals surface area contributed by atoms with Crippen LogP contribution in [0.25, 0.3) is 0 Å². The summed E-state index contributed by atoms with van der Waals surface area (Å²) in [4.78, 5) is 4.26. The molecule has 1 unspecified atom stereocenters. The molecule has 0 spiro atoms. The second kappa shape index (κ2) is 12.1. The first-order chi connectivity index (χ1) is 9.67. The Morgan fingerprint density at radius 1 is 1.33 bits per heavy atom. The van der Waals surface area contributed by atoms with Gasteiger partial charge in [0.25, 0.3) is 0 Å². The first-order valence-electron chi connectivity index (χ1n) is 7.17. The van der Waals surface area contributed by atoms with Crippen LogP contribution in [-0.2, 0) is 0 Å². The molecular formula is C16H28IN3S. The number of thioether (sulfide) groups is 1. The van der Waals surface area contributed by atoms with Crippen LogP contribution in [0.15, 0.2) is 29.3 Å². The zero-order valence-electron chi connectivity index (χ0n) is 13.5. The van der Waals surface area contributed by atoms with E-state index in [4.69, 9.17) is 0 Å². The first kappa shape index (κ1) is 20.6. The lowest BCUT2D eigenvalue weighted by Crippen LogP contribution is -2.39. The highest BCUT2D eigenvalue weighted by atomic mass is 127. The van der Waals surface area contributed by atoms with Crippen molar-refractivity contribution in [2.24, 2.45) is 4.99 Å². The summed E-state index contributed by atoms with van der Waals surface area (Å²) in [7, 11) is 1.82. The van der Waals surface area contributed by atoms with E-state index in [-0.39, 0.29) is 24.0 Å². The molecule has 0 bridgehead atoms. The number of aryl methyl sites for hydroxylation is 1. The Bertz CT molecular complexity index is 424. The Hall–Kier alpha value is -0.430. The second-order valence-corrected chi connectivity index (χ2v) is 6.03. The third-order valence-electron chi connectivity index (χ3n) is 3.23. The molecule has 5 heteroatoms. The number of benzene rings is 1. The van der Waals surface area contributed by atoms with E-state index in [0.29, 0.717) is 5.92 Å². The fourth-order valence-corrected chi connectivity index (χ4v) is 2.42. The van der Waals surface area contributed by atoms with Crippen molar-refractivity contribution in [2.75, 3.05) is 32.1 Å². The van der Waals surface area contributed by atoms with Crippen LogP contribution in [0.2, 0.25) is 0 Å². The monoisotopic (exact) mass is 421 g/mol. The molecule has 0 aliphatic heterocycles. The van der Waals surface area contributed by atoms with Gasteiger partial charge in [-0.05, 0) is 36.8 Å². The van der Waals surface area contributed by atoms with Crippen LogP contribution in [0.1, 0.15) is 30.4 Å². The molecule has 3 nitrogen and oxygen atoms in total. The van der Waals surface area contributed by atoms with Crippen LogP contribution >= 0.6 is 35.7 Å².